The van der Waals surface area contributed by atoms with Gasteiger partial charge in [-0.05, 0) is 36.8 Å². The zero-order valence-electron chi connectivity index (χ0n) is 11.4. The van der Waals surface area contributed by atoms with Gasteiger partial charge >= 0.3 is 0 Å². The van der Waals surface area contributed by atoms with E-state index in [1.807, 2.05) is 30.3 Å². The molecule has 1 heterocycles. The van der Waals surface area contributed by atoms with Crippen molar-refractivity contribution < 1.29 is 5.11 Å². The Morgan fingerprint density at radius 2 is 1.85 bits per heavy atom. The lowest BCUT2D eigenvalue weighted by Crippen LogP contribution is -2.06. The molecule has 0 atom stereocenters. The number of phenols is 1. The van der Waals surface area contributed by atoms with Gasteiger partial charge in [0.05, 0.1) is 11.0 Å². The zero-order chi connectivity index (χ0) is 13.9. The van der Waals surface area contributed by atoms with E-state index in [1.54, 1.807) is 12.1 Å². The van der Waals surface area contributed by atoms with Gasteiger partial charge in [0.15, 0.2) is 0 Å². The monoisotopic (exact) mass is 267 g/mol. The first-order valence-electron chi connectivity index (χ1n) is 6.75. The van der Waals surface area contributed by atoms with Crippen LogP contribution in [-0.2, 0) is 13.1 Å². The van der Waals surface area contributed by atoms with E-state index >= 15 is 0 Å². The van der Waals surface area contributed by atoms with Crippen LogP contribution in [0.4, 0.5) is 5.95 Å². The van der Waals surface area contributed by atoms with Crippen molar-refractivity contribution in [3.05, 3.63) is 54.1 Å². The molecule has 2 aromatic carbocycles. The average molecular weight is 267 g/mol. The average Bonchev–Trinajstić information content (AvgIpc) is 2.84. The molecule has 0 saturated carbocycles. The van der Waals surface area contributed by atoms with Crippen molar-refractivity contribution in [2.45, 2.75) is 20.0 Å². The van der Waals surface area contributed by atoms with Crippen LogP contribution in [0.1, 0.15) is 12.5 Å². The third kappa shape index (κ3) is 2.32. The van der Waals surface area contributed by atoms with Crippen LogP contribution in [0.2, 0.25) is 0 Å². The molecule has 0 bridgehead atoms. The Labute approximate surface area is 117 Å². The maximum Gasteiger partial charge on any atom is 0.204 e. The normalized spacial score (nSPS) is 10.8. The second-order valence-corrected chi connectivity index (χ2v) is 4.69. The Morgan fingerprint density at radius 1 is 1.10 bits per heavy atom. The summed E-state index contributed by atoms with van der Waals surface area (Å²) in [6.45, 7) is 3.67. The SMILES string of the molecule is CCn1c(NCc2ccc(O)cc2)nc2ccccc21. The van der Waals surface area contributed by atoms with E-state index in [1.165, 1.54) is 0 Å². The van der Waals surface area contributed by atoms with Crippen molar-refractivity contribution in [2.75, 3.05) is 5.32 Å². The minimum absolute atomic E-state index is 0.287. The van der Waals surface area contributed by atoms with E-state index in [9.17, 15) is 5.11 Å². The smallest absolute Gasteiger partial charge is 0.204 e. The van der Waals surface area contributed by atoms with Gasteiger partial charge < -0.3 is 15.0 Å². The maximum absolute atomic E-state index is 9.28. The summed E-state index contributed by atoms with van der Waals surface area (Å²) < 4.78 is 2.16. The Balaban J connectivity index is 1.85. The number of para-hydroxylation sites is 2. The van der Waals surface area contributed by atoms with E-state index in [4.69, 9.17) is 0 Å². The second kappa shape index (κ2) is 5.25. The van der Waals surface area contributed by atoms with E-state index < -0.39 is 0 Å². The van der Waals surface area contributed by atoms with Gasteiger partial charge in [-0.1, -0.05) is 24.3 Å². The topological polar surface area (TPSA) is 50.1 Å². The quantitative estimate of drug-likeness (QED) is 0.762. The highest BCUT2D eigenvalue weighted by Gasteiger charge is 2.08. The van der Waals surface area contributed by atoms with Crippen molar-refractivity contribution in [3.63, 3.8) is 0 Å². The molecular formula is C16H17N3O. The van der Waals surface area contributed by atoms with E-state index in [-0.39, 0.29) is 5.75 Å². The van der Waals surface area contributed by atoms with Gasteiger partial charge in [0.2, 0.25) is 5.95 Å². The molecule has 2 N–H and O–H groups in total. The van der Waals surface area contributed by atoms with E-state index in [0.717, 1.165) is 29.1 Å². The molecule has 0 spiro atoms. The number of imidazole rings is 1. The van der Waals surface area contributed by atoms with Crippen molar-refractivity contribution in [3.8, 4) is 5.75 Å². The van der Waals surface area contributed by atoms with Gasteiger partial charge in [-0.15, -0.1) is 0 Å². The Kier molecular flexibility index (Phi) is 3.29. The minimum atomic E-state index is 0.287. The largest absolute Gasteiger partial charge is 0.508 e. The summed E-state index contributed by atoms with van der Waals surface area (Å²) in [5.41, 5.74) is 3.25. The Morgan fingerprint density at radius 3 is 2.60 bits per heavy atom. The fourth-order valence-electron chi connectivity index (χ4n) is 2.33. The molecule has 20 heavy (non-hydrogen) atoms. The number of aryl methyl sites for hydroxylation is 1. The number of anilines is 1. The number of hydrogen-bond acceptors (Lipinski definition) is 3. The number of rotatable bonds is 4. The van der Waals surface area contributed by atoms with Crippen LogP contribution < -0.4 is 5.32 Å². The van der Waals surface area contributed by atoms with Crippen LogP contribution in [0, 0.1) is 0 Å². The molecule has 1 aromatic heterocycles. The zero-order valence-corrected chi connectivity index (χ0v) is 11.4. The first-order chi connectivity index (χ1) is 9.78. The van der Waals surface area contributed by atoms with Gasteiger partial charge in [0, 0.05) is 13.1 Å². The highest BCUT2D eigenvalue weighted by atomic mass is 16.3. The fourth-order valence-corrected chi connectivity index (χ4v) is 2.33. The number of phenolic OH excluding ortho intramolecular Hbond substituents is 1. The number of nitrogens with zero attached hydrogens (tertiary/aromatic N) is 2. The molecule has 0 amide bonds. The summed E-state index contributed by atoms with van der Waals surface area (Å²) in [6.07, 6.45) is 0. The van der Waals surface area contributed by atoms with Crippen molar-refractivity contribution >= 4 is 17.0 Å². The fraction of sp³-hybridized carbons (Fsp3) is 0.188. The predicted octanol–water partition coefficient (Wildman–Crippen LogP) is 3.37. The number of hydrogen-bond donors (Lipinski definition) is 2. The van der Waals surface area contributed by atoms with Crippen LogP contribution >= 0.6 is 0 Å². The summed E-state index contributed by atoms with van der Waals surface area (Å²) >= 11 is 0. The van der Waals surface area contributed by atoms with Gasteiger partial charge in [-0.2, -0.15) is 0 Å². The van der Waals surface area contributed by atoms with Crippen LogP contribution in [-0.4, -0.2) is 14.7 Å². The highest BCUT2D eigenvalue weighted by Crippen LogP contribution is 2.20. The number of aromatic hydroxyl groups is 1. The highest BCUT2D eigenvalue weighted by molar-refractivity contribution is 5.78. The molecule has 0 unspecified atom stereocenters. The first kappa shape index (κ1) is 12.5. The van der Waals surface area contributed by atoms with Gasteiger partial charge in [-0.3, -0.25) is 0 Å². The minimum Gasteiger partial charge on any atom is -0.508 e. The molecule has 4 heteroatoms. The van der Waals surface area contributed by atoms with Crippen LogP contribution in [0.25, 0.3) is 11.0 Å². The van der Waals surface area contributed by atoms with Crippen LogP contribution in [0.3, 0.4) is 0 Å². The number of nitrogens with one attached hydrogen (secondary N) is 1. The van der Waals surface area contributed by atoms with Gasteiger partial charge in [0.25, 0.3) is 0 Å². The standard InChI is InChI=1S/C16H17N3O/c1-2-19-15-6-4-3-5-14(15)18-16(19)17-11-12-7-9-13(20)10-8-12/h3-10,20H,2,11H2,1H3,(H,17,18). The Hall–Kier alpha value is -2.49. The molecule has 0 fully saturated rings. The Bertz CT molecular complexity index is 716. The molecule has 0 radical (unpaired) electrons. The van der Waals surface area contributed by atoms with E-state index in [0.29, 0.717) is 6.54 Å². The molecular weight excluding hydrogens is 250 g/mol. The van der Waals surface area contributed by atoms with Crippen LogP contribution in [0.15, 0.2) is 48.5 Å². The van der Waals surface area contributed by atoms with Crippen molar-refractivity contribution in [1.29, 1.82) is 0 Å². The third-order valence-electron chi connectivity index (χ3n) is 3.36. The number of fused-ring (bicyclic) bond motifs is 1. The molecule has 0 aliphatic rings. The predicted molar refractivity (Wildman–Crippen MR) is 80.8 cm³/mol. The molecule has 3 rings (SSSR count). The molecule has 0 aliphatic heterocycles. The number of benzene rings is 2. The molecule has 4 nitrogen and oxygen atoms in total. The van der Waals surface area contributed by atoms with Crippen molar-refractivity contribution in [2.24, 2.45) is 0 Å². The summed E-state index contributed by atoms with van der Waals surface area (Å²) in [7, 11) is 0. The van der Waals surface area contributed by atoms with E-state index in [2.05, 4.69) is 27.9 Å². The van der Waals surface area contributed by atoms with Gasteiger partial charge in [-0.25, -0.2) is 4.98 Å². The molecule has 0 aliphatic carbocycles. The lowest BCUT2D eigenvalue weighted by Gasteiger charge is -2.08. The second-order valence-electron chi connectivity index (χ2n) is 4.69. The molecule has 0 saturated heterocycles. The number of aromatic nitrogens is 2. The van der Waals surface area contributed by atoms with Crippen LogP contribution in [0.5, 0.6) is 5.75 Å². The maximum atomic E-state index is 9.28. The summed E-state index contributed by atoms with van der Waals surface area (Å²) in [5, 5.41) is 12.6. The first-order valence-corrected chi connectivity index (χ1v) is 6.75. The van der Waals surface area contributed by atoms with Gasteiger partial charge in [0.1, 0.15) is 5.75 Å². The van der Waals surface area contributed by atoms with Crippen molar-refractivity contribution in [1.82, 2.24) is 9.55 Å². The lowest BCUT2D eigenvalue weighted by atomic mass is 10.2. The molecule has 3 aromatic rings. The summed E-state index contributed by atoms with van der Waals surface area (Å²) in [6, 6.07) is 15.3. The molecule has 102 valence electrons. The third-order valence-corrected chi connectivity index (χ3v) is 3.36. The lowest BCUT2D eigenvalue weighted by molar-refractivity contribution is 0.475. The summed E-state index contributed by atoms with van der Waals surface area (Å²) in [4.78, 5) is 4.62. The summed E-state index contributed by atoms with van der Waals surface area (Å²) in [5.74, 6) is 1.16.